The minimum Gasteiger partial charge on any atom is -0.394 e. The molecule has 1 aromatic heterocycles. The molecule has 0 unspecified atom stereocenters. The smallest absolute Gasteiger partial charge is 0.331 e. The zero-order valence-electron chi connectivity index (χ0n) is 10.4. The van der Waals surface area contributed by atoms with Gasteiger partial charge in [0.2, 0.25) is 5.72 Å². The third-order valence-electron chi connectivity index (χ3n) is 3.25. The van der Waals surface area contributed by atoms with Gasteiger partial charge in [0, 0.05) is 12.3 Å². The summed E-state index contributed by atoms with van der Waals surface area (Å²) >= 11 is 3.14. The lowest BCUT2D eigenvalue weighted by Gasteiger charge is -2.30. The summed E-state index contributed by atoms with van der Waals surface area (Å²) in [5.74, 6) is -0.552. The van der Waals surface area contributed by atoms with Gasteiger partial charge in [0.05, 0.1) is 11.4 Å². The molecular formula is C11H13BrN2O6. The molecule has 0 bridgehead atoms. The molecule has 4 atom stereocenters. The van der Waals surface area contributed by atoms with Crippen molar-refractivity contribution in [1.29, 1.82) is 0 Å². The topological polar surface area (TPSA) is 122 Å². The molecule has 0 aliphatic carbocycles. The van der Waals surface area contributed by atoms with Crippen LogP contribution in [0.2, 0.25) is 0 Å². The highest BCUT2D eigenvalue weighted by atomic mass is 79.9. The Bertz CT molecular complexity index is 640. The van der Waals surface area contributed by atoms with E-state index in [1.54, 1.807) is 0 Å². The molecule has 0 saturated carbocycles. The molecule has 0 amide bonds. The number of rotatable bonds is 3. The molecule has 2 rings (SSSR count). The highest BCUT2D eigenvalue weighted by Gasteiger charge is 2.58. The van der Waals surface area contributed by atoms with E-state index in [-0.39, 0.29) is 0 Å². The molecule has 0 aromatic carbocycles. The first-order valence-electron chi connectivity index (χ1n) is 5.79. The molecule has 1 saturated heterocycles. The maximum atomic E-state index is 12.0. The number of halogens is 1. The van der Waals surface area contributed by atoms with Crippen molar-refractivity contribution in [1.82, 2.24) is 9.55 Å². The van der Waals surface area contributed by atoms with Crippen LogP contribution in [0, 0.1) is 0 Å². The van der Waals surface area contributed by atoms with E-state index in [0.717, 1.165) is 16.8 Å². The number of hydrogen-bond donors (Lipinski definition) is 3. The Kier molecular flexibility index (Phi) is 3.96. The Morgan fingerprint density at radius 3 is 2.70 bits per heavy atom. The van der Waals surface area contributed by atoms with Gasteiger partial charge in [-0.1, -0.05) is 15.9 Å². The maximum absolute atomic E-state index is 12.0. The molecule has 2 heterocycles. The number of aromatic nitrogens is 2. The molecule has 0 spiro atoms. The first kappa shape index (κ1) is 15.1. The molecule has 1 aliphatic rings. The Labute approximate surface area is 121 Å². The van der Waals surface area contributed by atoms with Crippen molar-refractivity contribution in [2.45, 2.75) is 29.7 Å². The van der Waals surface area contributed by atoms with Gasteiger partial charge in [-0.15, -0.1) is 0 Å². The molecule has 8 nitrogen and oxygen atoms in total. The number of carbonyl (C=O) groups is 1. The van der Waals surface area contributed by atoms with Gasteiger partial charge in [-0.2, -0.15) is 0 Å². The lowest BCUT2D eigenvalue weighted by Crippen LogP contribution is -2.53. The minimum atomic E-state index is -1.83. The van der Waals surface area contributed by atoms with Gasteiger partial charge in [-0.3, -0.25) is 19.1 Å². The normalized spacial score (nSPS) is 33.3. The number of aliphatic hydroxyl groups excluding tert-OH is 2. The second-order valence-electron chi connectivity index (χ2n) is 4.46. The minimum absolute atomic E-state index is 0.517. The van der Waals surface area contributed by atoms with Crippen LogP contribution in [0.25, 0.3) is 0 Å². The number of ether oxygens (including phenoxy) is 1. The van der Waals surface area contributed by atoms with E-state index in [2.05, 4.69) is 15.9 Å². The second kappa shape index (κ2) is 5.24. The molecule has 110 valence electrons. The SMILES string of the molecule is CC(=O)[C@@]1(n2ccc(=O)[nH]c2=O)O[C@H](CO)[C@@H](O)[C@H]1Br. The number of alkyl halides is 1. The van der Waals surface area contributed by atoms with E-state index in [1.165, 1.54) is 6.92 Å². The molecule has 1 aliphatic heterocycles. The lowest BCUT2D eigenvalue weighted by atomic mass is 10.0. The number of nitrogens with zero attached hydrogens (tertiary/aromatic N) is 1. The third-order valence-corrected chi connectivity index (χ3v) is 4.41. The first-order valence-corrected chi connectivity index (χ1v) is 6.70. The summed E-state index contributed by atoms with van der Waals surface area (Å²) in [6.07, 6.45) is -1.10. The molecule has 20 heavy (non-hydrogen) atoms. The second-order valence-corrected chi connectivity index (χ2v) is 5.45. The van der Waals surface area contributed by atoms with Crippen molar-refractivity contribution < 1.29 is 19.7 Å². The Morgan fingerprint density at radius 2 is 2.25 bits per heavy atom. The van der Waals surface area contributed by atoms with Crippen LogP contribution in [-0.2, 0) is 15.3 Å². The van der Waals surface area contributed by atoms with Gasteiger partial charge < -0.3 is 14.9 Å². The van der Waals surface area contributed by atoms with Crippen LogP contribution < -0.4 is 11.2 Å². The summed E-state index contributed by atoms with van der Waals surface area (Å²) in [7, 11) is 0. The Morgan fingerprint density at radius 1 is 1.60 bits per heavy atom. The summed E-state index contributed by atoms with van der Waals surface area (Å²) < 4.78 is 6.33. The molecule has 1 fully saturated rings. The van der Waals surface area contributed by atoms with Crippen LogP contribution in [0.4, 0.5) is 0 Å². The van der Waals surface area contributed by atoms with Crippen LogP contribution in [0.5, 0.6) is 0 Å². The zero-order chi connectivity index (χ0) is 15.1. The number of aromatic amines is 1. The van der Waals surface area contributed by atoms with Gasteiger partial charge in [0.15, 0.2) is 5.78 Å². The van der Waals surface area contributed by atoms with E-state index in [4.69, 9.17) is 9.84 Å². The van der Waals surface area contributed by atoms with Crippen LogP contribution >= 0.6 is 15.9 Å². The van der Waals surface area contributed by atoms with Crippen molar-refractivity contribution in [2.24, 2.45) is 0 Å². The van der Waals surface area contributed by atoms with Gasteiger partial charge in [-0.25, -0.2) is 4.79 Å². The lowest BCUT2D eigenvalue weighted by molar-refractivity contribution is -0.159. The number of Topliss-reactive ketones (excluding diaryl/α,β-unsaturated/α-hetero) is 1. The summed E-state index contributed by atoms with van der Waals surface area (Å²) in [6.45, 7) is 0.675. The fourth-order valence-electron chi connectivity index (χ4n) is 2.25. The standard InChI is InChI=1S/C11H13BrN2O6/c1-5(16)11(9(12)8(18)6(4-15)20-11)14-3-2-7(17)13-10(14)19/h2-3,6,8-9,15,18H,4H2,1H3,(H,13,17,19)/t6-,8-,9-,11-/m1/s1. The van der Waals surface area contributed by atoms with Crippen LogP contribution in [-0.4, -0.2) is 49.2 Å². The summed E-state index contributed by atoms with van der Waals surface area (Å²) in [5.41, 5.74) is -3.29. The molecule has 1 aromatic rings. The fraction of sp³-hybridized carbons (Fsp3) is 0.545. The number of hydrogen-bond acceptors (Lipinski definition) is 6. The monoisotopic (exact) mass is 348 g/mol. The average molecular weight is 349 g/mol. The zero-order valence-corrected chi connectivity index (χ0v) is 12.0. The van der Waals surface area contributed by atoms with Crippen molar-refractivity contribution in [3.63, 3.8) is 0 Å². The predicted molar refractivity (Wildman–Crippen MR) is 70.7 cm³/mol. The van der Waals surface area contributed by atoms with Crippen molar-refractivity contribution in [2.75, 3.05) is 6.61 Å². The highest BCUT2D eigenvalue weighted by molar-refractivity contribution is 9.09. The van der Waals surface area contributed by atoms with Crippen molar-refractivity contribution >= 4 is 21.7 Å². The van der Waals surface area contributed by atoms with Gasteiger partial charge in [0.25, 0.3) is 5.56 Å². The number of aliphatic hydroxyl groups is 2. The number of nitrogens with one attached hydrogen (secondary N) is 1. The fourth-order valence-corrected chi connectivity index (χ4v) is 3.24. The van der Waals surface area contributed by atoms with E-state index >= 15 is 0 Å². The summed E-state index contributed by atoms with van der Waals surface area (Å²) in [4.78, 5) is 36.1. The number of carbonyl (C=O) groups excluding carboxylic acids is 1. The maximum Gasteiger partial charge on any atom is 0.331 e. The summed E-state index contributed by atoms with van der Waals surface area (Å²) in [5, 5.41) is 19.1. The van der Waals surface area contributed by atoms with Crippen molar-refractivity contribution in [3.8, 4) is 0 Å². The Balaban J connectivity index is 2.65. The average Bonchev–Trinajstić information content (AvgIpc) is 2.64. The van der Waals surface area contributed by atoms with Crippen molar-refractivity contribution in [3.05, 3.63) is 33.1 Å². The molecule has 9 heteroatoms. The van der Waals surface area contributed by atoms with E-state index in [9.17, 15) is 19.5 Å². The van der Waals surface area contributed by atoms with Crippen LogP contribution in [0.3, 0.4) is 0 Å². The third kappa shape index (κ3) is 2.06. The predicted octanol–water partition coefficient (Wildman–Crippen LogP) is -1.71. The van der Waals surface area contributed by atoms with E-state index < -0.39 is 46.4 Å². The highest BCUT2D eigenvalue weighted by Crippen LogP contribution is 2.40. The van der Waals surface area contributed by atoms with Gasteiger partial charge in [-0.05, 0) is 6.92 Å². The van der Waals surface area contributed by atoms with Gasteiger partial charge in [0.1, 0.15) is 12.2 Å². The van der Waals surface area contributed by atoms with E-state index in [1.807, 2.05) is 4.98 Å². The molecule has 0 radical (unpaired) electrons. The van der Waals surface area contributed by atoms with Gasteiger partial charge >= 0.3 is 5.69 Å². The van der Waals surface area contributed by atoms with Crippen LogP contribution in [0.1, 0.15) is 6.92 Å². The Hall–Kier alpha value is -1.29. The molecule has 3 N–H and O–H groups in total. The van der Waals surface area contributed by atoms with Crippen LogP contribution in [0.15, 0.2) is 21.9 Å². The largest absolute Gasteiger partial charge is 0.394 e. The first-order chi connectivity index (χ1) is 9.34. The number of H-pyrrole nitrogens is 1. The summed E-state index contributed by atoms with van der Waals surface area (Å²) in [6, 6.07) is 1.06. The van der Waals surface area contributed by atoms with E-state index in [0.29, 0.717) is 0 Å². The quantitative estimate of drug-likeness (QED) is 0.559. The number of ketones is 1. The molecular weight excluding hydrogens is 336 g/mol.